The van der Waals surface area contributed by atoms with Gasteiger partial charge in [-0.3, -0.25) is 4.79 Å². The van der Waals surface area contributed by atoms with Gasteiger partial charge in [0.25, 0.3) is 0 Å². The fraction of sp³-hybridized carbons (Fsp3) is 0.704. The van der Waals surface area contributed by atoms with E-state index < -0.39 is 58.1 Å². The minimum Gasteiger partial charge on any atom is -0.458 e. The lowest BCUT2D eigenvalue weighted by molar-refractivity contribution is -0.218. The molecule has 1 heterocycles. The minimum absolute atomic E-state index is 0.107. The first-order valence-electron chi connectivity index (χ1n) is 12.3. The Labute approximate surface area is 200 Å². The molecular weight excluding hydrogens is 436 g/mol. The van der Waals surface area contributed by atoms with Crippen LogP contribution in [0.1, 0.15) is 64.2 Å². The molecule has 0 amide bonds. The number of aliphatic hydroxyl groups is 3. The molecule has 5 rings (SSSR count). The first-order chi connectivity index (χ1) is 15.8. The van der Waals surface area contributed by atoms with Crippen LogP contribution in [0.5, 0.6) is 0 Å². The molecule has 1 aromatic rings. The van der Waals surface area contributed by atoms with Crippen molar-refractivity contribution in [3.05, 3.63) is 35.9 Å². The average Bonchev–Trinajstić information content (AvgIpc) is 3.57. The van der Waals surface area contributed by atoms with E-state index in [0.717, 1.165) is 0 Å². The predicted molar refractivity (Wildman–Crippen MR) is 123 cm³/mol. The highest BCUT2D eigenvalue weighted by Crippen LogP contribution is 2.68. The van der Waals surface area contributed by atoms with E-state index in [9.17, 15) is 24.9 Å². The number of hydrogen-bond acceptors (Lipinski definition) is 7. The number of carbonyl (C=O) groups is 2. The number of rotatable bonds is 2. The number of Topliss-reactive ketones (excluding diaryl/α,β-unsaturated/α-hetero) is 1. The van der Waals surface area contributed by atoms with E-state index in [1.807, 2.05) is 27.7 Å². The van der Waals surface area contributed by atoms with Crippen LogP contribution in [-0.2, 0) is 14.3 Å². The fourth-order valence-corrected chi connectivity index (χ4v) is 7.40. The van der Waals surface area contributed by atoms with Crippen LogP contribution < -0.4 is 0 Å². The molecule has 10 atom stereocenters. The Kier molecular flexibility index (Phi) is 5.17. The fourth-order valence-electron chi connectivity index (χ4n) is 7.40. The maximum Gasteiger partial charge on any atom is 0.338 e. The number of fused-ring (bicyclic) bond motifs is 4. The van der Waals surface area contributed by atoms with Crippen LogP contribution in [0.4, 0.5) is 0 Å². The predicted octanol–water partition coefficient (Wildman–Crippen LogP) is 2.50. The van der Waals surface area contributed by atoms with Crippen molar-refractivity contribution in [3.63, 3.8) is 0 Å². The largest absolute Gasteiger partial charge is 0.458 e. The third-order valence-electron chi connectivity index (χ3n) is 9.99. The zero-order valence-electron chi connectivity index (χ0n) is 20.5. The minimum atomic E-state index is -1.83. The second kappa shape index (κ2) is 7.36. The van der Waals surface area contributed by atoms with Crippen LogP contribution in [0.2, 0.25) is 0 Å². The van der Waals surface area contributed by atoms with Crippen molar-refractivity contribution in [3.8, 4) is 0 Å². The van der Waals surface area contributed by atoms with E-state index in [0.29, 0.717) is 18.4 Å². The third-order valence-corrected chi connectivity index (χ3v) is 9.99. The van der Waals surface area contributed by atoms with Crippen molar-refractivity contribution >= 4 is 11.8 Å². The molecule has 7 nitrogen and oxygen atoms in total. The van der Waals surface area contributed by atoms with Gasteiger partial charge < -0.3 is 24.8 Å². The van der Waals surface area contributed by atoms with Gasteiger partial charge in [-0.1, -0.05) is 45.9 Å². The van der Waals surface area contributed by atoms with Gasteiger partial charge in [-0.2, -0.15) is 0 Å². The molecule has 4 aliphatic rings. The molecule has 0 spiro atoms. The molecular formula is C27H36O7. The summed E-state index contributed by atoms with van der Waals surface area (Å²) in [5.74, 6) is -2.17. The summed E-state index contributed by atoms with van der Waals surface area (Å²) in [4.78, 5) is 27.1. The molecule has 1 aliphatic heterocycles. The number of benzene rings is 1. The zero-order chi connectivity index (χ0) is 24.8. The Bertz CT molecular complexity index is 1010. The molecule has 0 bridgehead atoms. The monoisotopic (exact) mass is 472 g/mol. The number of ether oxygens (including phenoxy) is 2. The molecule has 4 fully saturated rings. The summed E-state index contributed by atoms with van der Waals surface area (Å²) in [6.07, 6.45) is -2.56. The van der Waals surface area contributed by atoms with E-state index in [4.69, 9.17) is 9.47 Å². The highest BCUT2D eigenvalue weighted by molar-refractivity contribution is 5.96. The van der Waals surface area contributed by atoms with Crippen LogP contribution in [0, 0.1) is 28.1 Å². The lowest BCUT2D eigenvalue weighted by atomic mass is 9.45. The molecule has 1 aromatic carbocycles. The normalized spacial score (nSPS) is 49.2. The molecule has 0 unspecified atom stereocenters. The zero-order valence-corrected chi connectivity index (χ0v) is 20.5. The Morgan fingerprint density at radius 3 is 2.38 bits per heavy atom. The van der Waals surface area contributed by atoms with Crippen molar-refractivity contribution < 1.29 is 34.4 Å². The van der Waals surface area contributed by atoms with Gasteiger partial charge in [-0.05, 0) is 44.2 Å². The summed E-state index contributed by atoms with van der Waals surface area (Å²) in [5, 5.41) is 34.6. The van der Waals surface area contributed by atoms with Gasteiger partial charge in [-0.15, -0.1) is 0 Å². The Morgan fingerprint density at radius 2 is 1.74 bits per heavy atom. The highest BCUT2D eigenvalue weighted by atomic mass is 16.6. The Morgan fingerprint density at radius 1 is 1.09 bits per heavy atom. The smallest absolute Gasteiger partial charge is 0.338 e. The summed E-state index contributed by atoms with van der Waals surface area (Å²) in [7, 11) is 0. The van der Waals surface area contributed by atoms with Gasteiger partial charge in [0.15, 0.2) is 5.78 Å². The van der Waals surface area contributed by atoms with Gasteiger partial charge in [0.05, 0.1) is 41.3 Å². The Balaban J connectivity index is 1.54. The average molecular weight is 473 g/mol. The molecule has 3 N–H and O–H groups in total. The van der Waals surface area contributed by atoms with Crippen molar-refractivity contribution in [2.24, 2.45) is 28.1 Å². The number of aliphatic hydroxyl groups excluding tert-OH is 2. The van der Waals surface area contributed by atoms with Gasteiger partial charge in [-0.25, -0.2) is 4.79 Å². The number of ketones is 1. The van der Waals surface area contributed by atoms with E-state index in [2.05, 4.69) is 0 Å². The summed E-state index contributed by atoms with van der Waals surface area (Å²) in [5.41, 5.74) is -4.11. The standard InChI is InChI=1S/C27H36O7/c1-14-13-27(32)17(18(14)33-22(30)15-9-7-6-8-10-15)19(29)25(4)12-11-16(28)24(2,3)20-21(34-20)26(25,5)23(27)31/h6-10,14,16-21,28-29,32H,11-13H2,1-5H3/t14-,16-,17+,18-,19+,20-,21+,25-,26+,27+/m0/s1. The van der Waals surface area contributed by atoms with Crippen LogP contribution in [0.15, 0.2) is 30.3 Å². The second-order valence-corrected chi connectivity index (χ2v) is 12.1. The summed E-state index contributed by atoms with van der Waals surface area (Å²) < 4.78 is 11.9. The molecule has 34 heavy (non-hydrogen) atoms. The molecule has 3 saturated carbocycles. The summed E-state index contributed by atoms with van der Waals surface area (Å²) in [6.45, 7) is 9.38. The van der Waals surface area contributed by atoms with Gasteiger partial charge >= 0.3 is 5.97 Å². The van der Waals surface area contributed by atoms with Crippen LogP contribution in [-0.4, -0.2) is 63.2 Å². The van der Waals surface area contributed by atoms with Gasteiger partial charge in [0, 0.05) is 10.8 Å². The van der Waals surface area contributed by atoms with E-state index in [1.165, 1.54) is 0 Å². The number of epoxide rings is 1. The topological polar surface area (TPSA) is 117 Å². The van der Waals surface area contributed by atoms with Crippen LogP contribution in [0.3, 0.4) is 0 Å². The van der Waals surface area contributed by atoms with Gasteiger partial charge in [0.1, 0.15) is 11.7 Å². The lowest BCUT2D eigenvalue weighted by Crippen LogP contribution is -2.72. The molecule has 3 aliphatic carbocycles. The number of esters is 1. The molecule has 1 saturated heterocycles. The summed E-state index contributed by atoms with van der Waals surface area (Å²) >= 11 is 0. The Hall–Kier alpha value is -1.80. The van der Waals surface area contributed by atoms with E-state index in [1.54, 1.807) is 37.3 Å². The highest BCUT2D eigenvalue weighted by Gasteiger charge is 2.79. The van der Waals surface area contributed by atoms with Crippen molar-refractivity contribution in [1.29, 1.82) is 0 Å². The molecule has 0 aromatic heterocycles. The van der Waals surface area contributed by atoms with E-state index >= 15 is 0 Å². The second-order valence-electron chi connectivity index (χ2n) is 12.1. The maximum absolute atomic E-state index is 14.2. The SMILES string of the molecule is C[C@H]1C[C@]2(O)C(=O)[C@@]3(C)[C@@H]4O[C@@H]4C(C)(C)[C@@H](O)CC[C@@]3(C)[C@H](O)[C@H]2[C@H]1OC(=O)c1ccccc1. The molecule has 0 radical (unpaired) electrons. The third kappa shape index (κ3) is 2.90. The van der Waals surface area contributed by atoms with Crippen molar-refractivity contribution in [1.82, 2.24) is 0 Å². The van der Waals surface area contributed by atoms with E-state index in [-0.39, 0.29) is 24.2 Å². The maximum atomic E-state index is 14.2. The molecule has 7 heteroatoms. The number of hydrogen-bond donors (Lipinski definition) is 3. The van der Waals surface area contributed by atoms with Crippen LogP contribution >= 0.6 is 0 Å². The van der Waals surface area contributed by atoms with Crippen molar-refractivity contribution in [2.75, 3.05) is 0 Å². The quantitative estimate of drug-likeness (QED) is 0.447. The lowest BCUT2D eigenvalue weighted by Gasteiger charge is -2.59. The summed E-state index contributed by atoms with van der Waals surface area (Å²) in [6, 6.07) is 8.58. The van der Waals surface area contributed by atoms with Crippen LogP contribution in [0.25, 0.3) is 0 Å². The first-order valence-corrected chi connectivity index (χ1v) is 12.3. The van der Waals surface area contributed by atoms with Crippen molar-refractivity contribution in [2.45, 2.75) is 90.0 Å². The molecule has 186 valence electrons. The number of carbonyl (C=O) groups excluding carboxylic acids is 2. The van der Waals surface area contributed by atoms with Gasteiger partial charge in [0.2, 0.25) is 0 Å². The first kappa shape index (κ1) is 23.9.